The lowest BCUT2D eigenvalue weighted by molar-refractivity contribution is -0.175. The van der Waals surface area contributed by atoms with Crippen LogP contribution < -0.4 is 25.4 Å². The predicted molar refractivity (Wildman–Crippen MR) is 130 cm³/mol. The third-order valence-electron chi connectivity index (χ3n) is 5.83. The average Bonchev–Trinajstić information content (AvgIpc) is 3.45. The van der Waals surface area contributed by atoms with Gasteiger partial charge in [-0.05, 0) is 50.4 Å². The van der Waals surface area contributed by atoms with Crippen molar-refractivity contribution >= 4 is 34.7 Å². The van der Waals surface area contributed by atoms with Gasteiger partial charge in [-0.15, -0.1) is 11.3 Å². The number of nitriles is 2. The Morgan fingerprint density at radius 1 is 1.33 bits per heavy atom. The van der Waals surface area contributed by atoms with E-state index < -0.39 is 18.1 Å². The van der Waals surface area contributed by atoms with Crippen LogP contribution in [0.3, 0.4) is 0 Å². The summed E-state index contributed by atoms with van der Waals surface area (Å²) in [7, 11) is 0. The lowest BCUT2D eigenvalue weighted by Gasteiger charge is -2.26. The maximum Gasteiger partial charge on any atom is 0.404 e. The molecule has 1 fully saturated rings. The molecule has 190 valence electrons. The first kappa shape index (κ1) is 27.0. The van der Waals surface area contributed by atoms with Crippen molar-refractivity contribution in [2.75, 3.05) is 25.0 Å². The van der Waals surface area contributed by atoms with Crippen molar-refractivity contribution in [1.29, 1.82) is 10.5 Å². The summed E-state index contributed by atoms with van der Waals surface area (Å²) < 4.78 is 41.3. The summed E-state index contributed by atoms with van der Waals surface area (Å²) in [5.41, 5.74) is 0.868. The molecule has 0 spiro atoms. The van der Waals surface area contributed by atoms with Crippen LogP contribution in [-0.2, 0) is 17.8 Å². The number of thiazole rings is 1. The van der Waals surface area contributed by atoms with E-state index in [0.29, 0.717) is 31.6 Å². The zero-order chi connectivity index (χ0) is 26.3. The number of hydrogen-bond acceptors (Lipinski definition) is 7. The Morgan fingerprint density at radius 3 is 2.78 bits per heavy atom. The number of hydrogen-bond donors (Lipinski definition) is 2. The molecule has 2 heterocycles. The molecule has 2 aromatic rings. The van der Waals surface area contributed by atoms with Crippen LogP contribution in [0.4, 0.5) is 18.9 Å². The lowest BCUT2D eigenvalue weighted by atomic mass is 10.1. The van der Waals surface area contributed by atoms with Gasteiger partial charge in [-0.1, -0.05) is 12.1 Å². The van der Waals surface area contributed by atoms with E-state index in [2.05, 4.69) is 10.6 Å². The molecule has 0 bridgehead atoms. The minimum atomic E-state index is -4.22. The Hall–Kier alpha value is -3.61. The van der Waals surface area contributed by atoms with Gasteiger partial charge in [-0.3, -0.25) is 19.1 Å². The maximum absolute atomic E-state index is 13.2. The first-order chi connectivity index (χ1) is 17.2. The largest absolute Gasteiger partial charge is 0.404 e. The highest BCUT2D eigenvalue weighted by Gasteiger charge is 2.45. The van der Waals surface area contributed by atoms with E-state index in [0.717, 1.165) is 16.9 Å². The van der Waals surface area contributed by atoms with Crippen LogP contribution in [-0.4, -0.2) is 47.2 Å². The highest BCUT2D eigenvalue weighted by Crippen LogP contribution is 2.32. The molecule has 1 aliphatic rings. The minimum Gasteiger partial charge on any atom is -0.360 e. The topological polar surface area (TPSA) is 114 Å². The molecule has 1 amide bonds. The highest BCUT2D eigenvalue weighted by atomic mass is 32.1. The van der Waals surface area contributed by atoms with E-state index in [1.807, 2.05) is 18.2 Å². The van der Waals surface area contributed by atoms with Crippen molar-refractivity contribution in [3.8, 4) is 12.1 Å². The normalized spacial score (nSPS) is 17.4. The molecule has 0 aliphatic carbocycles. The summed E-state index contributed by atoms with van der Waals surface area (Å²) >= 11 is 0.974. The predicted octanol–water partition coefficient (Wildman–Crippen LogP) is 1.66. The molecule has 1 aromatic carbocycles. The van der Waals surface area contributed by atoms with Crippen LogP contribution in [0.25, 0.3) is 11.8 Å². The zero-order valence-corrected chi connectivity index (χ0v) is 20.4. The number of carbonyl (C=O) groups is 1. The number of nitrogens with zero attached hydrogens (tertiary/aromatic N) is 4. The number of anilines is 1. The summed E-state index contributed by atoms with van der Waals surface area (Å²) in [6, 6.07) is 9.38. The quantitative estimate of drug-likeness (QED) is 0.514. The van der Waals surface area contributed by atoms with Gasteiger partial charge < -0.3 is 10.6 Å². The lowest BCUT2D eigenvalue weighted by Crippen LogP contribution is -2.42. The van der Waals surface area contributed by atoms with Crippen molar-refractivity contribution in [3.63, 3.8) is 0 Å². The van der Waals surface area contributed by atoms with Gasteiger partial charge in [0.25, 0.3) is 11.5 Å². The van der Waals surface area contributed by atoms with E-state index in [9.17, 15) is 28.0 Å². The van der Waals surface area contributed by atoms with E-state index in [4.69, 9.17) is 5.26 Å². The number of rotatable bonds is 8. The Balaban J connectivity index is 1.81. The number of aromatic nitrogens is 1. The molecule has 0 saturated carbocycles. The molecule has 1 aromatic heterocycles. The van der Waals surface area contributed by atoms with E-state index in [1.54, 1.807) is 25.1 Å². The van der Waals surface area contributed by atoms with Crippen molar-refractivity contribution in [2.24, 2.45) is 0 Å². The van der Waals surface area contributed by atoms with Gasteiger partial charge in [0.05, 0.1) is 6.07 Å². The zero-order valence-electron chi connectivity index (χ0n) is 19.6. The van der Waals surface area contributed by atoms with E-state index in [1.165, 1.54) is 15.7 Å². The number of benzene rings is 1. The Kier molecular flexibility index (Phi) is 8.91. The first-order valence-electron chi connectivity index (χ1n) is 11.3. The molecule has 2 N–H and O–H groups in total. The van der Waals surface area contributed by atoms with Gasteiger partial charge in [-0.25, -0.2) is 0 Å². The SMILES string of the molecule is CCn1c(=C(C#N)C(=O)NCC#N)sc(=CNc2cccc(CCN3CCCC3C(F)(F)F)c2)c1=O. The third kappa shape index (κ3) is 6.33. The van der Waals surface area contributed by atoms with Crippen molar-refractivity contribution in [1.82, 2.24) is 14.8 Å². The summed E-state index contributed by atoms with van der Waals surface area (Å²) in [6.07, 6.45) is -1.64. The second-order valence-electron chi connectivity index (χ2n) is 8.12. The number of nitrogens with one attached hydrogen (secondary N) is 2. The Labute approximate surface area is 209 Å². The molecule has 1 saturated heterocycles. The first-order valence-corrected chi connectivity index (χ1v) is 12.2. The van der Waals surface area contributed by atoms with Crippen LogP contribution in [0.15, 0.2) is 29.1 Å². The minimum absolute atomic E-state index is 0.128. The summed E-state index contributed by atoms with van der Waals surface area (Å²) in [5.74, 6) is -0.736. The number of carbonyl (C=O) groups excluding carboxylic acids is 1. The maximum atomic E-state index is 13.2. The van der Waals surface area contributed by atoms with Gasteiger partial charge in [0.2, 0.25) is 0 Å². The van der Waals surface area contributed by atoms with Crippen LogP contribution in [0.5, 0.6) is 0 Å². The number of likely N-dealkylation sites (tertiary alicyclic amines) is 1. The van der Waals surface area contributed by atoms with Crippen LogP contribution >= 0.6 is 11.3 Å². The van der Waals surface area contributed by atoms with Crippen LogP contribution in [0.2, 0.25) is 0 Å². The number of alkyl halides is 3. The standard InChI is InChI=1S/C24H25F3N6O2S/c1-2-33-22(35)19(36-23(33)18(14-29)21(34)30-10-9-28)15-31-17-6-3-5-16(13-17)8-12-32-11-4-7-20(32)24(25,26)27/h3,5-6,13,15,20,31H,2,4,7-8,10-12H2,1H3,(H,30,34). The fourth-order valence-electron chi connectivity index (χ4n) is 4.10. The van der Waals surface area contributed by atoms with Gasteiger partial charge in [-0.2, -0.15) is 23.7 Å². The van der Waals surface area contributed by atoms with Crippen molar-refractivity contribution in [3.05, 3.63) is 49.4 Å². The number of halogens is 3. The molecule has 0 radical (unpaired) electrons. The third-order valence-corrected chi connectivity index (χ3v) is 6.96. The molecule has 1 unspecified atom stereocenters. The second kappa shape index (κ2) is 11.9. The highest BCUT2D eigenvalue weighted by molar-refractivity contribution is 7.07. The molecule has 36 heavy (non-hydrogen) atoms. The van der Waals surface area contributed by atoms with Gasteiger partial charge >= 0.3 is 6.18 Å². The smallest absolute Gasteiger partial charge is 0.360 e. The Bertz CT molecular complexity index is 1370. The van der Waals surface area contributed by atoms with Crippen LogP contribution in [0, 0.1) is 22.7 Å². The molecule has 3 rings (SSSR count). The second-order valence-corrected chi connectivity index (χ2v) is 9.15. The summed E-state index contributed by atoms with van der Waals surface area (Å²) in [4.78, 5) is 26.5. The fourth-order valence-corrected chi connectivity index (χ4v) is 5.19. The van der Waals surface area contributed by atoms with Gasteiger partial charge in [0, 0.05) is 25.0 Å². The molecule has 8 nitrogen and oxygen atoms in total. The van der Waals surface area contributed by atoms with Crippen molar-refractivity contribution < 1.29 is 18.0 Å². The summed E-state index contributed by atoms with van der Waals surface area (Å²) in [6.45, 7) is 2.41. The Morgan fingerprint density at radius 2 is 2.11 bits per heavy atom. The molecule has 1 aliphatic heterocycles. The van der Waals surface area contributed by atoms with Crippen molar-refractivity contribution in [2.45, 2.75) is 44.9 Å². The van der Waals surface area contributed by atoms with Gasteiger partial charge in [0.15, 0.2) is 5.57 Å². The molecular weight excluding hydrogens is 493 g/mol. The molecule has 12 heteroatoms. The van der Waals surface area contributed by atoms with Crippen LogP contribution in [0.1, 0.15) is 25.3 Å². The van der Waals surface area contributed by atoms with Gasteiger partial charge in [0.1, 0.15) is 27.9 Å². The summed E-state index contributed by atoms with van der Waals surface area (Å²) in [5, 5.41) is 23.5. The van der Waals surface area contributed by atoms with E-state index >= 15 is 0 Å². The molecule has 1 atom stereocenters. The monoisotopic (exact) mass is 518 g/mol. The van der Waals surface area contributed by atoms with E-state index in [-0.39, 0.29) is 39.8 Å². The average molecular weight is 519 g/mol. The molecular formula is C24H25F3N6O2S. The number of amides is 1. The fraction of sp³-hybridized carbons (Fsp3) is 0.417.